The number of aromatic nitrogens is 1. The number of hydrogen-bond donors (Lipinski definition) is 2. The Morgan fingerprint density at radius 1 is 1.30 bits per heavy atom. The molecule has 0 radical (unpaired) electrons. The predicted molar refractivity (Wildman–Crippen MR) is 127 cm³/mol. The molecule has 2 aromatic rings. The minimum absolute atomic E-state index is 0. The number of aryl methyl sites for hydroxylation is 1. The van der Waals surface area contributed by atoms with Crippen molar-refractivity contribution < 1.29 is 0 Å². The standard InChI is InChI=1S/C19H29N5S2.HI/c1-3-18-22-17(14-26-18)11-21-19(20-4-2)23-16-5-8-24(9-6-16)12-15-7-10-25-13-15;/h7,10,13-14,16H,3-6,8-9,11-12H2,1-2H3,(H2,20,21,23);1H. The molecule has 3 rings (SSSR count). The number of rotatable bonds is 7. The fourth-order valence-electron chi connectivity index (χ4n) is 3.13. The van der Waals surface area contributed by atoms with Crippen LogP contribution in [-0.2, 0) is 19.5 Å². The molecule has 0 atom stereocenters. The Morgan fingerprint density at radius 3 is 2.74 bits per heavy atom. The second-order valence-electron chi connectivity index (χ2n) is 6.61. The van der Waals surface area contributed by atoms with Crippen LogP contribution < -0.4 is 10.6 Å². The Morgan fingerprint density at radius 2 is 2.11 bits per heavy atom. The Hall–Kier alpha value is -0.710. The summed E-state index contributed by atoms with van der Waals surface area (Å²) in [5, 5.41) is 14.7. The zero-order valence-corrected chi connectivity index (χ0v) is 20.1. The third-order valence-electron chi connectivity index (χ3n) is 4.56. The van der Waals surface area contributed by atoms with Crippen molar-refractivity contribution in [2.45, 2.75) is 52.2 Å². The molecule has 2 aromatic heterocycles. The lowest BCUT2D eigenvalue weighted by Crippen LogP contribution is -2.48. The summed E-state index contributed by atoms with van der Waals surface area (Å²) in [5.41, 5.74) is 2.50. The van der Waals surface area contributed by atoms with Gasteiger partial charge in [-0.25, -0.2) is 9.98 Å². The molecule has 0 aliphatic carbocycles. The van der Waals surface area contributed by atoms with Crippen molar-refractivity contribution in [3.05, 3.63) is 38.5 Å². The summed E-state index contributed by atoms with van der Waals surface area (Å²) in [5.74, 6) is 0.912. The SMILES string of the molecule is CCNC(=NCc1csc(CC)n1)NC1CCN(Cc2ccsc2)CC1.I. The molecule has 5 nitrogen and oxygen atoms in total. The van der Waals surface area contributed by atoms with E-state index in [4.69, 9.17) is 4.99 Å². The summed E-state index contributed by atoms with van der Waals surface area (Å²) in [4.78, 5) is 11.9. The van der Waals surface area contributed by atoms with Crippen molar-refractivity contribution in [2.75, 3.05) is 19.6 Å². The van der Waals surface area contributed by atoms with Crippen molar-refractivity contribution >= 4 is 52.6 Å². The molecular weight excluding hydrogens is 489 g/mol. The van der Waals surface area contributed by atoms with Crippen LogP contribution in [0, 0.1) is 0 Å². The molecule has 3 heterocycles. The van der Waals surface area contributed by atoms with Gasteiger partial charge >= 0.3 is 0 Å². The largest absolute Gasteiger partial charge is 0.357 e. The van der Waals surface area contributed by atoms with Crippen LogP contribution in [0.4, 0.5) is 0 Å². The summed E-state index contributed by atoms with van der Waals surface area (Å²) in [6.07, 6.45) is 3.31. The monoisotopic (exact) mass is 519 g/mol. The highest BCUT2D eigenvalue weighted by molar-refractivity contribution is 14.0. The number of hydrogen-bond acceptors (Lipinski definition) is 5. The first-order chi connectivity index (χ1) is 12.8. The Labute approximate surface area is 187 Å². The lowest BCUT2D eigenvalue weighted by molar-refractivity contribution is 0.198. The van der Waals surface area contributed by atoms with E-state index in [9.17, 15) is 0 Å². The number of nitrogens with zero attached hydrogens (tertiary/aromatic N) is 3. The van der Waals surface area contributed by atoms with Crippen LogP contribution in [0.2, 0.25) is 0 Å². The van der Waals surface area contributed by atoms with Crippen LogP contribution in [0.15, 0.2) is 27.2 Å². The van der Waals surface area contributed by atoms with Crippen LogP contribution in [0.5, 0.6) is 0 Å². The number of thiazole rings is 1. The van der Waals surface area contributed by atoms with Gasteiger partial charge in [-0.15, -0.1) is 35.3 Å². The number of thiophene rings is 1. The second-order valence-corrected chi connectivity index (χ2v) is 8.33. The van der Waals surface area contributed by atoms with Crippen molar-refractivity contribution in [2.24, 2.45) is 4.99 Å². The average molecular weight is 520 g/mol. The summed E-state index contributed by atoms with van der Waals surface area (Å²) in [7, 11) is 0. The number of piperidine rings is 1. The van der Waals surface area contributed by atoms with Gasteiger partial charge < -0.3 is 10.6 Å². The summed E-state index contributed by atoms with van der Waals surface area (Å²) in [6, 6.07) is 2.72. The van der Waals surface area contributed by atoms with Crippen molar-refractivity contribution in [1.29, 1.82) is 0 Å². The van der Waals surface area contributed by atoms with E-state index in [1.165, 1.54) is 10.6 Å². The van der Waals surface area contributed by atoms with Gasteiger partial charge in [0.05, 0.1) is 17.2 Å². The van der Waals surface area contributed by atoms with E-state index in [-0.39, 0.29) is 24.0 Å². The normalized spacial score (nSPS) is 16.1. The summed E-state index contributed by atoms with van der Waals surface area (Å²) < 4.78 is 0. The highest BCUT2D eigenvalue weighted by Crippen LogP contribution is 2.16. The first-order valence-electron chi connectivity index (χ1n) is 9.48. The van der Waals surface area contributed by atoms with Gasteiger partial charge in [0.15, 0.2) is 5.96 Å². The van der Waals surface area contributed by atoms with Crippen LogP contribution in [0.25, 0.3) is 0 Å². The van der Waals surface area contributed by atoms with Crippen LogP contribution in [0.3, 0.4) is 0 Å². The molecule has 0 unspecified atom stereocenters. The molecule has 0 bridgehead atoms. The lowest BCUT2D eigenvalue weighted by Gasteiger charge is -2.32. The third-order valence-corrected chi connectivity index (χ3v) is 6.33. The molecule has 1 aliphatic rings. The van der Waals surface area contributed by atoms with Gasteiger partial charge in [-0.1, -0.05) is 6.92 Å². The molecular formula is C19H30IN5S2. The third kappa shape index (κ3) is 7.32. The number of nitrogens with one attached hydrogen (secondary N) is 2. The highest BCUT2D eigenvalue weighted by Gasteiger charge is 2.20. The fraction of sp³-hybridized carbons (Fsp3) is 0.579. The maximum atomic E-state index is 4.73. The smallest absolute Gasteiger partial charge is 0.191 e. The van der Waals surface area contributed by atoms with Crippen molar-refractivity contribution in [3.63, 3.8) is 0 Å². The van der Waals surface area contributed by atoms with Gasteiger partial charge in [0.2, 0.25) is 0 Å². The topological polar surface area (TPSA) is 52.6 Å². The average Bonchev–Trinajstić information content (AvgIpc) is 3.33. The van der Waals surface area contributed by atoms with E-state index in [0.717, 1.165) is 57.1 Å². The Kier molecular flexibility index (Phi) is 10.0. The highest BCUT2D eigenvalue weighted by atomic mass is 127. The van der Waals surface area contributed by atoms with Crippen LogP contribution in [0.1, 0.15) is 43.0 Å². The fourth-order valence-corrected chi connectivity index (χ4v) is 4.53. The minimum Gasteiger partial charge on any atom is -0.357 e. The number of halogens is 1. The van der Waals surface area contributed by atoms with E-state index in [2.05, 4.69) is 56.6 Å². The molecule has 27 heavy (non-hydrogen) atoms. The summed E-state index contributed by atoms with van der Waals surface area (Å²) in [6.45, 7) is 9.12. The molecule has 1 aliphatic heterocycles. The number of guanidine groups is 1. The molecule has 0 saturated carbocycles. The van der Waals surface area contributed by atoms with Crippen LogP contribution in [-0.4, -0.2) is 41.5 Å². The first-order valence-corrected chi connectivity index (χ1v) is 11.3. The maximum Gasteiger partial charge on any atom is 0.191 e. The van der Waals surface area contributed by atoms with Crippen molar-refractivity contribution in [1.82, 2.24) is 20.5 Å². The Bertz CT molecular complexity index is 678. The van der Waals surface area contributed by atoms with Gasteiger partial charge in [0.25, 0.3) is 0 Å². The first kappa shape index (κ1) is 22.6. The van der Waals surface area contributed by atoms with E-state index in [0.29, 0.717) is 12.6 Å². The lowest BCUT2D eigenvalue weighted by atomic mass is 10.0. The van der Waals surface area contributed by atoms with E-state index in [1.54, 1.807) is 22.7 Å². The predicted octanol–water partition coefficient (Wildman–Crippen LogP) is 4.10. The van der Waals surface area contributed by atoms with E-state index in [1.807, 2.05) is 0 Å². The zero-order valence-electron chi connectivity index (χ0n) is 16.1. The number of aliphatic imine (C=N–C) groups is 1. The molecule has 1 saturated heterocycles. The Balaban J connectivity index is 0.00000261. The van der Waals surface area contributed by atoms with Gasteiger partial charge in [-0.3, -0.25) is 4.90 Å². The van der Waals surface area contributed by atoms with Crippen molar-refractivity contribution in [3.8, 4) is 0 Å². The maximum absolute atomic E-state index is 4.73. The summed E-state index contributed by atoms with van der Waals surface area (Å²) >= 11 is 3.51. The van der Waals surface area contributed by atoms with Gasteiger partial charge in [0, 0.05) is 37.6 Å². The molecule has 2 N–H and O–H groups in total. The zero-order chi connectivity index (χ0) is 18.2. The molecule has 0 aromatic carbocycles. The van der Waals surface area contributed by atoms with E-state index < -0.39 is 0 Å². The number of likely N-dealkylation sites (tertiary alicyclic amines) is 1. The second kappa shape index (κ2) is 12.0. The molecule has 0 amide bonds. The molecule has 0 spiro atoms. The van der Waals surface area contributed by atoms with Gasteiger partial charge in [0.1, 0.15) is 0 Å². The molecule has 8 heteroatoms. The molecule has 150 valence electrons. The van der Waals surface area contributed by atoms with E-state index >= 15 is 0 Å². The quantitative estimate of drug-likeness (QED) is 0.329. The minimum atomic E-state index is 0. The van der Waals surface area contributed by atoms with Crippen LogP contribution >= 0.6 is 46.7 Å². The van der Waals surface area contributed by atoms with Gasteiger partial charge in [-0.05, 0) is 48.6 Å². The molecule has 1 fully saturated rings. The van der Waals surface area contributed by atoms with Gasteiger partial charge in [-0.2, -0.15) is 11.3 Å².